The van der Waals surface area contributed by atoms with E-state index in [0.29, 0.717) is 0 Å². The molecule has 4 rings (SSSR count). The van der Waals surface area contributed by atoms with Crippen LogP contribution in [0.25, 0.3) is 22.3 Å². The normalized spacial score (nSPS) is 10.6. The molecule has 0 radical (unpaired) electrons. The van der Waals surface area contributed by atoms with Crippen molar-refractivity contribution >= 4 is 22.3 Å². The molecule has 1 aromatic carbocycles. The van der Waals surface area contributed by atoms with E-state index in [-0.39, 0.29) is 0 Å². The second-order valence-electron chi connectivity index (χ2n) is 5.15. The van der Waals surface area contributed by atoms with Gasteiger partial charge in [-0.2, -0.15) is 0 Å². The summed E-state index contributed by atoms with van der Waals surface area (Å²) in [5.74, 6) is 0. The minimum atomic E-state index is 0.848. The Hall–Kier alpha value is -3.27. The van der Waals surface area contributed by atoms with Crippen LogP contribution in [0.3, 0.4) is 0 Å². The van der Waals surface area contributed by atoms with Gasteiger partial charge in [0.1, 0.15) is 0 Å². The van der Waals surface area contributed by atoms with Gasteiger partial charge in [0, 0.05) is 29.7 Å². The molecule has 23 heavy (non-hydrogen) atoms. The lowest BCUT2D eigenvalue weighted by Gasteiger charge is -2.11. The van der Waals surface area contributed by atoms with E-state index in [1.54, 1.807) is 18.6 Å². The minimum Gasteiger partial charge on any atom is -0.355 e. The van der Waals surface area contributed by atoms with E-state index in [4.69, 9.17) is 4.98 Å². The molecule has 0 amide bonds. The van der Waals surface area contributed by atoms with E-state index >= 15 is 0 Å². The van der Waals surface area contributed by atoms with Crippen LogP contribution < -0.4 is 5.32 Å². The van der Waals surface area contributed by atoms with Gasteiger partial charge in [0.05, 0.1) is 22.6 Å². The fourth-order valence-electron chi connectivity index (χ4n) is 2.52. The van der Waals surface area contributed by atoms with Crippen molar-refractivity contribution in [1.29, 1.82) is 0 Å². The average Bonchev–Trinajstić information content (AvgIpc) is 2.63. The lowest BCUT2D eigenvalue weighted by Crippen LogP contribution is -1.95. The van der Waals surface area contributed by atoms with Crippen molar-refractivity contribution in [2.75, 3.05) is 5.32 Å². The lowest BCUT2D eigenvalue weighted by molar-refractivity contribution is 1.27. The maximum absolute atomic E-state index is 4.73. The third kappa shape index (κ3) is 2.74. The number of hydrogen-bond acceptors (Lipinski definition) is 4. The van der Waals surface area contributed by atoms with Gasteiger partial charge >= 0.3 is 0 Å². The summed E-state index contributed by atoms with van der Waals surface area (Å²) >= 11 is 0. The Morgan fingerprint density at radius 1 is 0.739 bits per heavy atom. The SMILES string of the molecule is c1ccc(-c2cc(Nc3ccncc3)c3ccccc3n2)nc1. The topological polar surface area (TPSA) is 50.7 Å². The van der Waals surface area contributed by atoms with Gasteiger partial charge in [-0.25, -0.2) is 4.98 Å². The largest absolute Gasteiger partial charge is 0.355 e. The number of nitrogens with one attached hydrogen (secondary N) is 1. The molecule has 3 heterocycles. The third-order valence-electron chi connectivity index (χ3n) is 3.60. The van der Waals surface area contributed by atoms with Crippen molar-refractivity contribution in [2.45, 2.75) is 0 Å². The Labute approximate surface area is 133 Å². The summed E-state index contributed by atoms with van der Waals surface area (Å²) in [5.41, 5.74) is 4.63. The number of rotatable bonds is 3. The number of anilines is 2. The van der Waals surface area contributed by atoms with Crippen molar-refractivity contribution < 1.29 is 0 Å². The maximum atomic E-state index is 4.73. The van der Waals surface area contributed by atoms with Crippen LogP contribution >= 0.6 is 0 Å². The maximum Gasteiger partial charge on any atom is 0.0914 e. The number of benzene rings is 1. The Kier molecular flexibility index (Phi) is 3.41. The fraction of sp³-hybridized carbons (Fsp3) is 0. The van der Waals surface area contributed by atoms with Crippen molar-refractivity contribution in [2.24, 2.45) is 0 Å². The molecule has 0 bridgehead atoms. The molecule has 110 valence electrons. The summed E-state index contributed by atoms with van der Waals surface area (Å²) in [7, 11) is 0. The molecule has 0 fully saturated rings. The Morgan fingerprint density at radius 2 is 1.57 bits per heavy atom. The number of nitrogens with zero attached hydrogens (tertiary/aromatic N) is 3. The number of aromatic nitrogens is 3. The zero-order chi connectivity index (χ0) is 15.5. The number of para-hydroxylation sites is 1. The Morgan fingerprint density at radius 3 is 2.39 bits per heavy atom. The van der Waals surface area contributed by atoms with Gasteiger partial charge in [0.2, 0.25) is 0 Å². The molecule has 1 N–H and O–H groups in total. The first-order chi connectivity index (χ1) is 11.4. The molecular formula is C19H14N4. The highest BCUT2D eigenvalue weighted by atomic mass is 14.9. The first kappa shape index (κ1) is 13.4. The van der Waals surface area contributed by atoms with Crippen LogP contribution in [-0.4, -0.2) is 15.0 Å². The third-order valence-corrected chi connectivity index (χ3v) is 3.60. The summed E-state index contributed by atoms with van der Waals surface area (Å²) in [6, 6.07) is 19.8. The predicted octanol–water partition coefficient (Wildman–Crippen LogP) is 4.44. The zero-order valence-corrected chi connectivity index (χ0v) is 12.3. The Balaban J connectivity index is 1.87. The van der Waals surface area contributed by atoms with Crippen LogP contribution in [0.2, 0.25) is 0 Å². The molecule has 0 aliphatic heterocycles. The number of pyridine rings is 3. The van der Waals surface area contributed by atoms with Crippen LogP contribution in [0.1, 0.15) is 0 Å². The molecule has 3 aromatic heterocycles. The molecule has 0 saturated heterocycles. The first-order valence-electron chi connectivity index (χ1n) is 7.38. The van der Waals surface area contributed by atoms with E-state index in [0.717, 1.165) is 33.7 Å². The second kappa shape index (κ2) is 5.85. The fourth-order valence-corrected chi connectivity index (χ4v) is 2.52. The van der Waals surface area contributed by atoms with Gasteiger partial charge in [-0.05, 0) is 36.4 Å². The van der Waals surface area contributed by atoms with Gasteiger partial charge in [-0.3, -0.25) is 9.97 Å². The highest BCUT2D eigenvalue weighted by Crippen LogP contribution is 2.29. The molecule has 0 aliphatic rings. The molecule has 4 heteroatoms. The van der Waals surface area contributed by atoms with E-state index in [9.17, 15) is 0 Å². The highest BCUT2D eigenvalue weighted by Gasteiger charge is 2.08. The van der Waals surface area contributed by atoms with Gasteiger partial charge in [0.25, 0.3) is 0 Å². The summed E-state index contributed by atoms with van der Waals surface area (Å²) in [6.45, 7) is 0. The standard InChI is InChI=1S/C19H14N4/c1-2-6-16-15(5-1)18(22-14-8-11-20-12-9-14)13-19(23-16)17-7-3-4-10-21-17/h1-13H,(H,20,22,23). The van der Waals surface area contributed by atoms with Crippen LogP contribution in [0.15, 0.2) is 79.3 Å². The van der Waals surface area contributed by atoms with Crippen molar-refractivity contribution in [1.82, 2.24) is 15.0 Å². The van der Waals surface area contributed by atoms with Crippen molar-refractivity contribution in [3.8, 4) is 11.4 Å². The van der Waals surface area contributed by atoms with E-state index in [1.165, 1.54) is 0 Å². The molecular weight excluding hydrogens is 284 g/mol. The predicted molar refractivity (Wildman–Crippen MR) is 92.5 cm³/mol. The lowest BCUT2D eigenvalue weighted by atomic mass is 10.1. The quantitative estimate of drug-likeness (QED) is 0.607. The van der Waals surface area contributed by atoms with E-state index in [1.807, 2.05) is 54.6 Å². The molecule has 0 spiro atoms. The zero-order valence-electron chi connectivity index (χ0n) is 12.3. The molecule has 0 atom stereocenters. The molecule has 0 saturated carbocycles. The highest BCUT2D eigenvalue weighted by molar-refractivity contribution is 5.95. The second-order valence-corrected chi connectivity index (χ2v) is 5.15. The van der Waals surface area contributed by atoms with Gasteiger partial charge in [-0.1, -0.05) is 24.3 Å². The van der Waals surface area contributed by atoms with Crippen molar-refractivity contribution in [3.05, 3.63) is 79.3 Å². The van der Waals surface area contributed by atoms with Crippen LogP contribution in [0.5, 0.6) is 0 Å². The van der Waals surface area contributed by atoms with Crippen LogP contribution in [-0.2, 0) is 0 Å². The minimum absolute atomic E-state index is 0.848. The molecule has 4 aromatic rings. The summed E-state index contributed by atoms with van der Waals surface area (Å²) in [6.07, 6.45) is 5.32. The first-order valence-corrected chi connectivity index (χ1v) is 7.38. The average molecular weight is 298 g/mol. The van der Waals surface area contributed by atoms with Crippen LogP contribution in [0, 0.1) is 0 Å². The molecule has 4 nitrogen and oxygen atoms in total. The monoisotopic (exact) mass is 298 g/mol. The summed E-state index contributed by atoms with van der Waals surface area (Å²) in [4.78, 5) is 13.2. The summed E-state index contributed by atoms with van der Waals surface area (Å²) < 4.78 is 0. The number of hydrogen-bond donors (Lipinski definition) is 1. The van der Waals surface area contributed by atoms with E-state index < -0.39 is 0 Å². The van der Waals surface area contributed by atoms with E-state index in [2.05, 4.69) is 21.4 Å². The van der Waals surface area contributed by atoms with Gasteiger partial charge < -0.3 is 5.32 Å². The molecule has 0 unspecified atom stereocenters. The van der Waals surface area contributed by atoms with Gasteiger partial charge in [0.15, 0.2) is 0 Å². The molecule has 0 aliphatic carbocycles. The number of fused-ring (bicyclic) bond motifs is 1. The van der Waals surface area contributed by atoms with Gasteiger partial charge in [-0.15, -0.1) is 0 Å². The smallest absolute Gasteiger partial charge is 0.0914 e. The summed E-state index contributed by atoms with van der Waals surface area (Å²) in [5, 5.41) is 4.52. The van der Waals surface area contributed by atoms with Crippen molar-refractivity contribution in [3.63, 3.8) is 0 Å². The Bertz CT molecular complexity index is 937. The van der Waals surface area contributed by atoms with Crippen LogP contribution in [0.4, 0.5) is 11.4 Å².